The molecule has 3 heterocycles. The molecule has 230 valence electrons. The zero-order valence-corrected chi connectivity index (χ0v) is 25.2. The van der Waals surface area contributed by atoms with Crippen molar-refractivity contribution in [1.29, 1.82) is 0 Å². The molecule has 0 saturated carbocycles. The number of aromatic nitrogens is 3. The lowest BCUT2D eigenvalue weighted by Gasteiger charge is -2.30. The lowest BCUT2D eigenvalue weighted by molar-refractivity contribution is -0.138. The Balaban J connectivity index is 0.00000423. The van der Waals surface area contributed by atoms with E-state index in [2.05, 4.69) is 16.0 Å². The highest BCUT2D eigenvalue weighted by molar-refractivity contribution is 5.95. The van der Waals surface area contributed by atoms with E-state index in [4.69, 9.17) is 19.6 Å². The molecule has 2 aromatic carbocycles. The highest BCUT2D eigenvalue weighted by Crippen LogP contribution is 2.28. The number of fused-ring (bicyclic) bond motifs is 3. The van der Waals surface area contributed by atoms with Crippen molar-refractivity contribution in [3.05, 3.63) is 59.9 Å². The van der Waals surface area contributed by atoms with Gasteiger partial charge in [0.2, 0.25) is 11.8 Å². The molecule has 0 unspecified atom stereocenters. The van der Waals surface area contributed by atoms with E-state index >= 15 is 0 Å². The van der Waals surface area contributed by atoms with Gasteiger partial charge in [0.1, 0.15) is 12.4 Å². The van der Waals surface area contributed by atoms with Gasteiger partial charge >= 0.3 is 0 Å². The maximum atomic E-state index is 13.4. The number of piperidine rings is 1. The van der Waals surface area contributed by atoms with Crippen molar-refractivity contribution < 1.29 is 23.9 Å². The molecule has 2 aliphatic rings. The molecule has 1 saturated heterocycles. The van der Waals surface area contributed by atoms with Gasteiger partial charge in [0.05, 0.1) is 32.3 Å². The first-order valence-corrected chi connectivity index (χ1v) is 14.3. The molecule has 5 rings (SSSR count). The van der Waals surface area contributed by atoms with Crippen LogP contribution in [0.4, 0.5) is 0 Å². The van der Waals surface area contributed by atoms with Crippen LogP contribution in [0.3, 0.4) is 0 Å². The van der Waals surface area contributed by atoms with Gasteiger partial charge in [-0.05, 0) is 44.5 Å². The predicted octanol–water partition coefficient (Wildman–Crippen LogP) is 2.35. The van der Waals surface area contributed by atoms with Crippen LogP contribution in [0, 0.1) is 0 Å². The summed E-state index contributed by atoms with van der Waals surface area (Å²) in [5.74, 6) is 1.19. The Morgan fingerprint density at radius 3 is 2.60 bits per heavy atom. The zero-order valence-electron chi connectivity index (χ0n) is 24.4. The minimum absolute atomic E-state index is 0. The van der Waals surface area contributed by atoms with E-state index in [1.54, 1.807) is 22.9 Å². The summed E-state index contributed by atoms with van der Waals surface area (Å²) in [6, 6.07) is 13.7. The predicted molar refractivity (Wildman–Crippen MR) is 162 cm³/mol. The molecule has 0 radical (unpaired) electrons. The summed E-state index contributed by atoms with van der Waals surface area (Å²) >= 11 is 0. The van der Waals surface area contributed by atoms with Gasteiger partial charge in [0.15, 0.2) is 17.3 Å². The summed E-state index contributed by atoms with van der Waals surface area (Å²) in [7, 11) is 1.54. The fourth-order valence-electron chi connectivity index (χ4n) is 5.20. The fraction of sp³-hybridized carbons (Fsp3) is 0.433. The Bertz CT molecular complexity index is 1410. The van der Waals surface area contributed by atoms with Crippen molar-refractivity contribution in [1.82, 2.24) is 35.6 Å². The Labute approximate surface area is 256 Å². The molecule has 43 heavy (non-hydrogen) atoms. The van der Waals surface area contributed by atoms with E-state index in [0.717, 1.165) is 24.9 Å². The number of hydrogen-bond acceptors (Lipinski definition) is 8. The van der Waals surface area contributed by atoms with Crippen molar-refractivity contribution >= 4 is 30.1 Å². The highest BCUT2D eigenvalue weighted by atomic mass is 35.5. The second kappa shape index (κ2) is 14.8. The van der Waals surface area contributed by atoms with E-state index in [1.165, 1.54) is 12.0 Å². The van der Waals surface area contributed by atoms with E-state index in [0.29, 0.717) is 41.7 Å². The summed E-state index contributed by atoms with van der Waals surface area (Å²) in [4.78, 5) is 46.0. The molecule has 3 amide bonds. The van der Waals surface area contributed by atoms with Gasteiger partial charge in [-0.3, -0.25) is 14.4 Å². The van der Waals surface area contributed by atoms with Crippen molar-refractivity contribution in [2.45, 2.75) is 44.8 Å². The van der Waals surface area contributed by atoms with Crippen LogP contribution in [0.1, 0.15) is 48.4 Å². The number of amides is 3. The molecular weight excluding hydrogens is 574 g/mol. The first kappa shape index (κ1) is 31.8. The molecule has 0 aliphatic carbocycles. The Kier molecular flexibility index (Phi) is 11.0. The third-order valence-electron chi connectivity index (χ3n) is 7.41. The third-order valence-corrected chi connectivity index (χ3v) is 7.41. The standard InChI is InChI=1S/C30H37N7O5.ClH/c1-20-28-34-27(21-8-4-3-5-9-21)35-37(28)16-17-42-25-18-22(11-12-24(25)41-2)29(39)32-14-15-36(19-26(38)33-20)30(40)23-10-6-7-13-31-23;/h3-5,8-9,11-12,18,20,23,31H,6-7,10,13-17,19H2,1-2H3,(H,32,39)(H,33,38);1H/t20-,23+;/m1./s1. The molecule has 13 heteroatoms. The average molecular weight is 612 g/mol. The average Bonchev–Trinajstić information content (AvgIpc) is 3.45. The second-order valence-electron chi connectivity index (χ2n) is 10.4. The summed E-state index contributed by atoms with van der Waals surface area (Å²) < 4.78 is 13.2. The number of benzene rings is 2. The number of halogens is 1. The number of carbonyl (C=O) groups is 3. The molecular formula is C30H38ClN7O5. The van der Waals surface area contributed by atoms with Gasteiger partial charge in [-0.15, -0.1) is 12.4 Å². The Morgan fingerprint density at radius 1 is 1.05 bits per heavy atom. The highest BCUT2D eigenvalue weighted by Gasteiger charge is 2.28. The topological polar surface area (TPSA) is 140 Å². The lowest BCUT2D eigenvalue weighted by Crippen LogP contribution is -2.52. The van der Waals surface area contributed by atoms with Crippen LogP contribution in [0.15, 0.2) is 48.5 Å². The van der Waals surface area contributed by atoms with Gasteiger partial charge in [-0.2, -0.15) is 5.10 Å². The summed E-state index contributed by atoms with van der Waals surface area (Å²) in [5, 5.41) is 13.8. The van der Waals surface area contributed by atoms with E-state index in [9.17, 15) is 14.4 Å². The van der Waals surface area contributed by atoms with Gasteiger partial charge in [-0.25, -0.2) is 9.67 Å². The third kappa shape index (κ3) is 7.82. The number of rotatable bonds is 3. The number of carbonyl (C=O) groups excluding carboxylic acids is 3. The number of methoxy groups -OCH3 is 1. The molecule has 3 aromatic rings. The zero-order chi connectivity index (χ0) is 29.5. The van der Waals surface area contributed by atoms with Crippen molar-refractivity contribution in [2.75, 3.05) is 39.9 Å². The SMILES string of the molecule is COc1ccc2cc1OCCn1nc(-c3ccccc3)nc1[C@@H](C)NC(=O)CN(C(=O)[C@@H]1CCCCN1)CCNC2=O.Cl. The summed E-state index contributed by atoms with van der Waals surface area (Å²) in [6.45, 7) is 3.34. The smallest absolute Gasteiger partial charge is 0.251 e. The van der Waals surface area contributed by atoms with Gasteiger partial charge < -0.3 is 30.3 Å². The van der Waals surface area contributed by atoms with Crippen LogP contribution in [0.2, 0.25) is 0 Å². The Hall–Kier alpha value is -4.16. The largest absolute Gasteiger partial charge is 0.493 e. The van der Waals surface area contributed by atoms with Gasteiger partial charge in [0.25, 0.3) is 5.91 Å². The summed E-state index contributed by atoms with van der Waals surface area (Å²) in [6.07, 6.45) is 2.66. The molecule has 2 aliphatic heterocycles. The quantitative estimate of drug-likeness (QED) is 0.410. The van der Waals surface area contributed by atoms with E-state index in [-0.39, 0.29) is 62.4 Å². The summed E-state index contributed by atoms with van der Waals surface area (Å²) in [5.41, 5.74) is 1.23. The first-order valence-electron chi connectivity index (χ1n) is 14.3. The molecule has 2 bridgehead atoms. The molecule has 0 spiro atoms. The number of nitrogens with zero attached hydrogens (tertiary/aromatic N) is 4. The van der Waals surface area contributed by atoms with Gasteiger partial charge in [-0.1, -0.05) is 36.8 Å². The molecule has 1 aromatic heterocycles. The van der Waals surface area contributed by atoms with E-state index in [1.807, 2.05) is 37.3 Å². The van der Waals surface area contributed by atoms with Crippen LogP contribution in [-0.2, 0) is 16.1 Å². The van der Waals surface area contributed by atoms with Crippen LogP contribution >= 0.6 is 12.4 Å². The number of hydrogen-bond donors (Lipinski definition) is 3. The maximum absolute atomic E-state index is 13.4. The maximum Gasteiger partial charge on any atom is 0.251 e. The van der Waals surface area contributed by atoms with E-state index < -0.39 is 6.04 Å². The molecule has 3 N–H and O–H groups in total. The fourth-order valence-corrected chi connectivity index (χ4v) is 5.20. The van der Waals surface area contributed by atoms with Crippen molar-refractivity contribution in [3.63, 3.8) is 0 Å². The Morgan fingerprint density at radius 2 is 1.86 bits per heavy atom. The minimum atomic E-state index is -0.500. The number of ether oxygens (including phenoxy) is 2. The normalized spacial score (nSPS) is 19.9. The van der Waals surface area contributed by atoms with Gasteiger partial charge in [0, 0.05) is 24.2 Å². The monoisotopic (exact) mass is 611 g/mol. The number of nitrogens with one attached hydrogen (secondary N) is 3. The van der Waals surface area contributed by atoms with Crippen molar-refractivity contribution in [2.24, 2.45) is 0 Å². The van der Waals surface area contributed by atoms with Crippen LogP contribution in [0.25, 0.3) is 11.4 Å². The molecule has 1 fully saturated rings. The van der Waals surface area contributed by atoms with Crippen LogP contribution in [0.5, 0.6) is 11.5 Å². The first-order chi connectivity index (χ1) is 20.4. The van der Waals surface area contributed by atoms with Crippen LogP contribution in [-0.4, -0.2) is 83.3 Å². The molecule has 12 nitrogen and oxygen atoms in total. The lowest BCUT2D eigenvalue weighted by atomic mass is 10.0. The van der Waals surface area contributed by atoms with Crippen molar-refractivity contribution in [3.8, 4) is 22.9 Å². The second-order valence-corrected chi connectivity index (χ2v) is 10.4. The van der Waals surface area contributed by atoms with Crippen LogP contribution < -0.4 is 25.4 Å². The molecule has 2 atom stereocenters. The minimum Gasteiger partial charge on any atom is -0.493 e.